The van der Waals surface area contributed by atoms with Crippen molar-refractivity contribution < 1.29 is 14.3 Å². The number of rotatable bonds is 4. The van der Waals surface area contributed by atoms with E-state index in [-0.39, 0.29) is 11.9 Å². The topological polar surface area (TPSA) is 106 Å². The molecule has 1 aliphatic rings. The predicted molar refractivity (Wildman–Crippen MR) is 127 cm³/mol. The number of hydrogen-bond donors (Lipinski definition) is 0. The molecule has 0 saturated carbocycles. The number of nitriles is 1. The molecule has 1 saturated heterocycles. The number of aryl methyl sites for hydroxylation is 2. The quantitative estimate of drug-likeness (QED) is 0.571. The van der Waals surface area contributed by atoms with E-state index in [1.165, 1.54) is 0 Å². The van der Waals surface area contributed by atoms with Crippen LogP contribution < -0.4 is 4.74 Å². The first-order valence-electron chi connectivity index (χ1n) is 11.5. The van der Waals surface area contributed by atoms with Crippen LogP contribution >= 0.6 is 0 Å². The van der Waals surface area contributed by atoms with E-state index in [1.54, 1.807) is 11.1 Å². The Balaban J connectivity index is 1.40. The van der Waals surface area contributed by atoms with Crippen LogP contribution in [-0.4, -0.2) is 55.8 Å². The minimum Gasteiger partial charge on any atom is -0.477 e. The summed E-state index contributed by atoms with van der Waals surface area (Å²) in [7, 11) is 1.89. The second kappa shape index (κ2) is 9.29. The molecule has 0 N–H and O–H groups in total. The van der Waals surface area contributed by atoms with Gasteiger partial charge in [-0.15, -0.1) is 0 Å². The number of likely N-dealkylation sites (tertiary alicyclic amines) is 1. The van der Waals surface area contributed by atoms with E-state index in [9.17, 15) is 10.1 Å². The molecule has 3 aromatic rings. The highest BCUT2D eigenvalue weighted by Gasteiger charge is 2.27. The summed E-state index contributed by atoms with van der Waals surface area (Å²) in [6, 6.07) is 5.95. The van der Waals surface area contributed by atoms with Gasteiger partial charge in [0.2, 0.25) is 11.7 Å². The Bertz CT molecular complexity index is 1250. The molecular weight excluding hydrogens is 432 g/mol. The number of ether oxygens (including phenoxy) is 2. The van der Waals surface area contributed by atoms with Crippen LogP contribution in [0.5, 0.6) is 5.88 Å². The first-order valence-corrected chi connectivity index (χ1v) is 11.5. The molecule has 4 heterocycles. The fourth-order valence-electron chi connectivity index (χ4n) is 4.06. The van der Waals surface area contributed by atoms with Gasteiger partial charge in [0.15, 0.2) is 0 Å². The Kier molecular flexibility index (Phi) is 6.42. The molecule has 3 aromatic heterocycles. The summed E-state index contributed by atoms with van der Waals surface area (Å²) in [5.74, 6) is 1.06. The zero-order valence-electron chi connectivity index (χ0n) is 20.3. The van der Waals surface area contributed by atoms with Gasteiger partial charge in [-0.25, -0.2) is 19.7 Å². The second-order valence-electron chi connectivity index (χ2n) is 9.74. The first kappa shape index (κ1) is 23.5. The standard InChI is InChI=1S/C25H30N6O3/c1-16-12-18(21-19-8-9-30(5)22(19)29-20(13-26)28-21)14-27-23(16)33-15-17-6-10-31(11-7-17)24(32)34-25(2,3)4/h8-9,12,14,17H,6-7,10-11,15H2,1-5H3. The Morgan fingerprint density at radius 2 is 2.00 bits per heavy atom. The lowest BCUT2D eigenvalue weighted by Gasteiger charge is -2.33. The SMILES string of the molecule is Cc1cc(-c2nc(C#N)nc3c2ccn3C)cnc1OCC1CCN(C(=O)OC(C)(C)C)CC1. The Labute approximate surface area is 199 Å². The normalized spacial score (nSPS) is 14.8. The van der Waals surface area contributed by atoms with Crippen LogP contribution in [0, 0.1) is 24.2 Å². The highest BCUT2D eigenvalue weighted by molar-refractivity contribution is 5.91. The van der Waals surface area contributed by atoms with Crippen molar-refractivity contribution in [3.05, 3.63) is 35.9 Å². The van der Waals surface area contributed by atoms with E-state index in [0.29, 0.717) is 42.8 Å². The third-order valence-electron chi connectivity index (χ3n) is 5.85. The smallest absolute Gasteiger partial charge is 0.410 e. The van der Waals surface area contributed by atoms with E-state index in [2.05, 4.69) is 15.0 Å². The molecule has 34 heavy (non-hydrogen) atoms. The third-order valence-corrected chi connectivity index (χ3v) is 5.85. The minimum absolute atomic E-state index is 0.125. The van der Waals surface area contributed by atoms with E-state index in [4.69, 9.17) is 9.47 Å². The highest BCUT2D eigenvalue weighted by atomic mass is 16.6. The van der Waals surface area contributed by atoms with Crippen LogP contribution in [0.1, 0.15) is 45.0 Å². The highest BCUT2D eigenvalue weighted by Crippen LogP contribution is 2.29. The van der Waals surface area contributed by atoms with Crippen LogP contribution in [0.2, 0.25) is 0 Å². The largest absolute Gasteiger partial charge is 0.477 e. The lowest BCUT2D eigenvalue weighted by atomic mass is 9.98. The molecule has 0 spiro atoms. The van der Waals surface area contributed by atoms with Gasteiger partial charge in [-0.2, -0.15) is 5.26 Å². The number of carbonyl (C=O) groups is 1. The molecule has 9 nitrogen and oxygen atoms in total. The minimum atomic E-state index is -0.485. The van der Waals surface area contributed by atoms with Crippen molar-refractivity contribution in [1.82, 2.24) is 24.4 Å². The van der Waals surface area contributed by atoms with Crippen LogP contribution in [0.4, 0.5) is 4.79 Å². The Morgan fingerprint density at radius 1 is 1.26 bits per heavy atom. The summed E-state index contributed by atoms with van der Waals surface area (Å²) in [5, 5.41) is 10.2. The van der Waals surface area contributed by atoms with Crippen LogP contribution in [0.3, 0.4) is 0 Å². The zero-order chi connectivity index (χ0) is 24.5. The summed E-state index contributed by atoms with van der Waals surface area (Å²) in [5.41, 5.74) is 2.60. The fourth-order valence-corrected chi connectivity index (χ4v) is 4.06. The molecular formula is C25H30N6O3. The predicted octanol–water partition coefficient (Wildman–Crippen LogP) is 4.24. The second-order valence-corrected chi connectivity index (χ2v) is 9.74. The zero-order valence-corrected chi connectivity index (χ0v) is 20.3. The van der Waals surface area contributed by atoms with Gasteiger partial charge in [-0.1, -0.05) is 0 Å². The van der Waals surface area contributed by atoms with Crippen molar-refractivity contribution >= 4 is 17.1 Å². The van der Waals surface area contributed by atoms with Crippen LogP contribution in [-0.2, 0) is 11.8 Å². The van der Waals surface area contributed by atoms with E-state index in [1.807, 2.05) is 63.7 Å². The summed E-state index contributed by atoms with van der Waals surface area (Å²) in [6.45, 7) is 9.45. The maximum Gasteiger partial charge on any atom is 0.410 e. The number of fused-ring (bicyclic) bond motifs is 1. The van der Waals surface area contributed by atoms with Crippen molar-refractivity contribution in [2.45, 2.75) is 46.1 Å². The average molecular weight is 463 g/mol. The fraction of sp³-hybridized carbons (Fsp3) is 0.480. The molecule has 0 unspecified atom stereocenters. The summed E-state index contributed by atoms with van der Waals surface area (Å²) < 4.78 is 13.4. The van der Waals surface area contributed by atoms with Crippen LogP contribution in [0.25, 0.3) is 22.3 Å². The van der Waals surface area contributed by atoms with E-state index >= 15 is 0 Å². The molecule has 4 rings (SSSR count). The van der Waals surface area contributed by atoms with Gasteiger partial charge in [0.05, 0.1) is 12.3 Å². The first-order chi connectivity index (χ1) is 16.1. The van der Waals surface area contributed by atoms with Gasteiger partial charge in [-0.05, 0) is 58.6 Å². The lowest BCUT2D eigenvalue weighted by molar-refractivity contribution is 0.0164. The maximum atomic E-state index is 12.3. The van der Waals surface area contributed by atoms with Gasteiger partial charge < -0.3 is 18.9 Å². The number of aromatic nitrogens is 4. The molecule has 0 aromatic carbocycles. The number of pyridine rings is 1. The third kappa shape index (κ3) is 5.11. The summed E-state index contributed by atoms with van der Waals surface area (Å²) in [6.07, 6.45) is 5.09. The molecule has 1 amide bonds. The van der Waals surface area contributed by atoms with Crippen molar-refractivity contribution in [2.75, 3.05) is 19.7 Å². The molecule has 9 heteroatoms. The maximum absolute atomic E-state index is 12.3. The Hall–Kier alpha value is -3.67. The molecule has 0 aliphatic carbocycles. The number of hydrogen-bond acceptors (Lipinski definition) is 7. The van der Waals surface area contributed by atoms with Crippen LogP contribution in [0.15, 0.2) is 24.5 Å². The number of piperidine rings is 1. The van der Waals surface area contributed by atoms with Gasteiger partial charge in [0.1, 0.15) is 17.3 Å². The van der Waals surface area contributed by atoms with Crippen molar-refractivity contribution in [1.29, 1.82) is 5.26 Å². The van der Waals surface area contributed by atoms with E-state index in [0.717, 1.165) is 29.4 Å². The molecule has 0 bridgehead atoms. The molecule has 0 atom stereocenters. The van der Waals surface area contributed by atoms with Gasteiger partial charge in [-0.3, -0.25) is 0 Å². The van der Waals surface area contributed by atoms with Gasteiger partial charge in [0, 0.05) is 49.0 Å². The Morgan fingerprint density at radius 3 is 2.65 bits per heavy atom. The van der Waals surface area contributed by atoms with Gasteiger partial charge in [0.25, 0.3) is 0 Å². The molecule has 1 aliphatic heterocycles. The average Bonchev–Trinajstić information content (AvgIpc) is 3.17. The molecule has 178 valence electrons. The van der Waals surface area contributed by atoms with Crippen molar-refractivity contribution in [3.63, 3.8) is 0 Å². The van der Waals surface area contributed by atoms with Crippen molar-refractivity contribution in [3.8, 4) is 23.2 Å². The summed E-state index contributed by atoms with van der Waals surface area (Å²) >= 11 is 0. The number of nitrogens with zero attached hydrogens (tertiary/aromatic N) is 6. The van der Waals surface area contributed by atoms with E-state index < -0.39 is 5.60 Å². The number of amides is 1. The molecule has 0 radical (unpaired) electrons. The van der Waals surface area contributed by atoms with Gasteiger partial charge >= 0.3 is 6.09 Å². The monoisotopic (exact) mass is 462 g/mol. The summed E-state index contributed by atoms with van der Waals surface area (Å²) in [4.78, 5) is 27.3. The molecule has 1 fully saturated rings. The van der Waals surface area contributed by atoms with Crippen molar-refractivity contribution in [2.24, 2.45) is 13.0 Å². The number of carbonyl (C=O) groups excluding carboxylic acids is 1. The lowest BCUT2D eigenvalue weighted by Crippen LogP contribution is -2.42.